The fourth-order valence-electron chi connectivity index (χ4n) is 2.76. The lowest BCUT2D eigenvalue weighted by Gasteiger charge is -2.29. The first kappa shape index (κ1) is 30.4. The van der Waals surface area contributed by atoms with Crippen LogP contribution in [0.15, 0.2) is 53.6 Å². The van der Waals surface area contributed by atoms with Crippen LogP contribution in [0.5, 0.6) is 11.5 Å². The lowest BCUT2D eigenvalue weighted by atomic mass is 10.2. The summed E-state index contributed by atoms with van der Waals surface area (Å²) in [6.45, 7) is 0. The molecule has 0 aliphatic carbocycles. The van der Waals surface area contributed by atoms with E-state index in [0.717, 1.165) is 11.3 Å². The fourth-order valence-corrected chi connectivity index (χ4v) is 5.98. The summed E-state index contributed by atoms with van der Waals surface area (Å²) >= 11 is 5.47. The average molecular weight is 578 g/mol. The third-order valence-corrected chi connectivity index (χ3v) is 10.4. The van der Waals surface area contributed by atoms with Crippen LogP contribution in [0.4, 0.5) is 5.69 Å². The molecule has 1 unspecified atom stereocenters. The normalized spacial score (nSPS) is 12.4. The second-order valence-electron chi connectivity index (χ2n) is 7.10. The maximum atomic E-state index is 12.8. The quantitative estimate of drug-likeness (QED) is 0.152. The van der Waals surface area contributed by atoms with E-state index in [2.05, 4.69) is 5.10 Å². The Labute approximate surface area is 217 Å². The molecule has 0 heterocycles. The third kappa shape index (κ3) is 8.91. The zero-order chi connectivity index (χ0) is 26.8. The van der Waals surface area contributed by atoms with Gasteiger partial charge < -0.3 is 27.7 Å². The molecule has 0 saturated carbocycles. The van der Waals surface area contributed by atoms with Gasteiger partial charge in [-0.2, -0.15) is 0 Å². The number of hydrogen-bond acceptors (Lipinski definition) is 11. The van der Waals surface area contributed by atoms with Crippen LogP contribution in [-0.2, 0) is 39.0 Å². The molecule has 0 radical (unpaired) electrons. The standard InChI is InChI=1S/C21H31N3O8P3S/c1-23(22-15-18-7-11-20(27-2)12-8-18)33(36)32-21-13-9-19(10-14-21)24(16-34(25,28-3)29-4)17-35(26,30-5)31-6/h7-15H,16-17H2,1-6H3/q+1/b22-15+. The number of benzene rings is 2. The Kier molecular flexibility index (Phi) is 11.9. The molecule has 2 rings (SSSR count). The molecule has 1 atom stereocenters. The molecule has 0 aromatic heterocycles. The summed E-state index contributed by atoms with van der Waals surface area (Å²) in [6.07, 6.45) is 1.33. The highest BCUT2D eigenvalue weighted by molar-refractivity contribution is 8.02. The van der Waals surface area contributed by atoms with Gasteiger partial charge in [0.05, 0.1) is 20.4 Å². The summed E-state index contributed by atoms with van der Waals surface area (Å²) in [7, 11) is 0.0279. The van der Waals surface area contributed by atoms with E-state index in [-0.39, 0.29) is 12.6 Å². The van der Waals surface area contributed by atoms with Gasteiger partial charge in [0.15, 0.2) is 5.75 Å². The van der Waals surface area contributed by atoms with Crippen LogP contribution in [0.25, 0.3) is 0 Å². The molecule has 0 saturated heterocycles. The zero-order valence-electron chi connectivity index (χ0n) is 21.0. The Morgan fingerprint density at radius 2 is 1.31 bits per heavy atom. The van der Waals surface area contributed by atoms with Crippen molar-refractivity contribution in [3.63, 3.8) is 0 Å². The van der Waals surface area contributed by atoms with Crippen LogP contribution >= 0.6 is 22.3 Å². The molecule has 2 aromatic rings. The molecule has 0 amide bonds. The predicted octanol–water partition coefficient (Wildman–Crippen LogP) is 5.51. The number of anilines is 1. The number of nitrogens with zero attached hydrogens (tertiary/aromatic N) is 3. The van der Waals surface area contributed by atoms with Crippen LogP contribution in [0.3, 0.4) is 0 Å². The second-order valence-corrected chi connectivity index (χ2v) is 13.7. The Hall–Kier alpha value is -1.87. The molecule has 0 N–H and O–H groups in total. The lowest BCUT2D eigenvalue weighted by Crippen LogP contribution is -2.27. The highest BCUT2D eigenvalue weighted by Gasteiger charge is 2.32. The van der Waals surface area contributed by atoms with Crippen molar-refractivity contribution in [1.29, 1.82) is 0 Å². The summed E-state index contributed by atoms with van der Waals surface area (Å²) in [6, 6.07) is 14.3. The minimum Gasteiger partial charge on any atom is -0.497 e. The van der Waals surface area contributed by atoms with Crippen molar-refractivity contribution in [1.82, 2.24) is 4.78 Å². The highest BCUT2D eigenvalue weighted by atomic mass is 32.4. The van der Waals surface area contributed by atoms with E-state index in [0.29, 0.717) is 11.4 Å². The van der Waals surface area contributed by atoms with E-state index in [1.165, 1.54) is 28.4 Å². The van der Waals surface area contributed by atoms with Crippen molar-refractivity contribution in [3.8, 4) is 11.5 Å². The van der Waals surface area contributed by atoms with Crippen molar-refractivity contribution >= 4 is 46.0 Å². The molecule has 11 nitrogen and oxygen atoms in total. The summed E-state index contributed by atoms with van der Waals surface area (Å²) in [5, 5.41) is 4.35. The van der Waals surface area contributed by atoms with Gasteiger partial charge in [0.25, 0.3) is 0 Å². The van der Waals surface area contributed by atoms with Crippen molar-refractivity contribution in [2.75, 3.05) is 60.1 Å². The van der Waals surface area contributed by atoms with Crippen molar-refractivity contribution in [3.05, 3.63) is 54.1 Å². The average Bonchev–Trinajstić information content (AvgIpc) is 2.91. The maximum absolute atomic E-state index is 12.8. The van der Waals surface area contributed by atoms with Crippen molar-refractivity contribution in [2.45, 2.75) is 0 Å². The van der Waals surface area contributed by atoms with E-state index in [4.69, 9.17) is 39.2 Å². The Balaban J connectivity index is 2.13. The maximum Gasteiger partial charge on any atom is 0.540 e. The molecule has 198 valence electrons. The first-order valence-electron chi connectivity index (χ1n) is 10.4. The molecule has 0 aliphatic rings. The minimum absolute atomic E-state index is 0.173. The number of ether oxygens (including phenoxy) is 1. The summed E-state index contributed by atoms with van der Waals surface area (Å²) in [5.41, 5.74) is 1.46. The number of hydrogen-bond donors (Lipinski definition) is 0. The summed E-state index contributed by atoms with van der Waals surface area (Å²) in [4.78, 5) is 1.55. The topological polar surface area (TPSA) is 108 Å². The largest absolute Gasteiger partial charge is 0.540 e. The van der Waals surface area contributed by atoms with Gasteiger partial charge in [-0.15, -0.1) is 5.10 Å². The summed E-state index contributed by atoms with van der Waals surface area (Å²) < 4.78 is 58.3. The Bertz CT molecular complexity index is 1070. The van der Waals surface area contributed by atoms with E-state index in [9.17, 15) is 9.13 Å². The lowest BCUT2D eigenvalue weighted by molar-refractivity contribution is 0.270. The molecule has 0 aliphatic heterocycles. The molecule has 2 aromatic carbocycles. The SMILES string of the molecule is COc1ccc(/C=N/N(C)[P+](=S)Oc2ccc(N(CP(=O)(OC)OC)CP(=O)(OC)OC)cc2)cc1. The fraction of sp³-hybridized carbons (Fsp3) is 0.381. The summed E-state index contributed by atoms with van der Waals surface area (Å²) in [5.74, 6) is 1.27. The first-order chi connectivity index (χ1) is 17.1. The second kappa shape index (κ2) is 14.2. The highest BCUT2D eigenvalue weighted by Crippen LogP contribution is 2.52. The van der Waals surface area contributed by atoms with Crippen molar-refractivity contribution < 1.29 is 36.5 Å². The van der Waals surface area contributed by atoms with Gasteiger partial charge in [-0.3, -0.25) is 13.7 Å². The first-order valence-corrected chi connectivity index (χ1v) is 16.1. The molecular formula is C21H31N3O8P3S+. The van der Waals surface area contributed by atoms with Gasteiger partial charge in [-0.05, 0) is 54.1 Å². The Morgan fingerprint density at radius 1 is 0.833 bits per heavy atom. The minimum atomic E-state index is -3.48. The van der Waals surface area contributed by atoms with E-state index >= 15 is 0 Å². The number of hydrazone groups is 1. The van der Waals surface area contributed by atoms with E-state index in [1.807, 2.05) is 24.3 Å². The van der Waals surface area contributed by atoms with E-state index < -0.39 is 22.3 Å². The molecule has 0 fully saturated rings. The number of rotatable bonds is 15. The van der Waals surface area contributed by atoms with Crippen LogP contribution in [0.2, 0.25) is 0 Å². The zero-order valence-corrected chi connectivity index (χ0v) is 24.5. The van der Waals surface area contributed by atoms with Gasteiger partial charge in [-0.25, -0.2) is 0 Å². The molecular weight excluding hydrogens is 547 g/mol. The molecule has 15 heteroatoms. The van der Waals surface area contributed by atoms with Gasteiger partial charge in [0.2, 0.25) is 11.8 Å². The van der Waals surface area contributed by atoms with Crippen LogP contribution in [0, 0.1) is 0 Å². The predicted molar refractivity (Wildman–Crippen MR) is 145 cm³/mol. The number of methoxy groups -OCH3 is 1. The molecule has 0 spiro atoms. The van der Waals surface area contributed by atoms with Crippen LogP contribution < -0.4 is 14.2 Å². The van der Waals surface area contributed by atoms with Gasteiger partial charge in [-0.1, -0.05) is 4.78 Å². The van der Waals surface area contributed by atoms with Gasteiger partial charge in [0, 0.05) is 34.1 Å². The van der Waals surface area contributed by atoms with Crippen LogP contribution in [0.1, 0.15) is 5.56 Å². The van der Waals surface area contributed by atoms with Crippen LogP contribution in [-0.4, -0.2) is 66.2 Å². The van der Waals surface area contributed by atoms with Gasteiger partial charge >= 0.3 is 22.3 Å². The smallest absolute Gasteiger partial charge is 0.497 e. The Morgan fingerprint density at radius 3 is 1.75 bits per heavy atom. The molecule has 0 bridgehead atoms. The van der Waals surface area contributed by atoms with Gasteiger partial charge in [0.1, 0.15) is 18.3 Å². The van der Waals surface area contributed by atoms with E-state index in [1.54, 1.807) is 54.3 Å². The monoisotopic (exact) mass is 578 g/mol. The molecule has 36 heavy (non-hydrogen) atoms. The van der Waals surface area contributed by atoms with Crippen molar-refractivity contribution in [2.24, 2.45) is 5.10 Å². The third-order valence-electron chi connectivity index (χ3n) is 4.91.